The van der Waals surface area contributed by atoms with E-state index in [2.05, 4.69) is 11.4 Å². The Labute approximate surface area is 152 Å². The minimum absolute atomic E-state index is 0.280. The summed E-state index contributed by atoms with van der Waals surface area (Å²) in [4.78, 5) is 22.9. The number of hydrogen-bond donors (Lipinski definition) is 2. The monoisotopic (exact) mass is 364 g/mol. The lowest BCUT2D eigenvalue weighted by atomic mass is 10.1. The van der Waals surface area contributed by atoms with E-state index in [1.54, 1.807) is 32.9 Å². The molecule has 6 nitrogen and oxygen atoms in total. The number of thioether (sulfide) groups is 1. The summed E-state index contributed by atoms with van der Waals surface area (Å²) in [6, 6.07) is 8.52. The highest BCUT2D eigenvalue weighted by molar-refractivity contribution is 7.99. The largest absolute Gasteiger partial charge is 0.480 e. The number of ether oxygens (including phenoxy) is 1. The maximum Gasteiger partial charge on any atom is 0.408 e. The van der Waals surface area contributed by atoms with Crippen molar-refractivity contribution in [3.05, 3.63) is 35.4 Å². The molecule has 0 bridgehead atoms. The fourth-order valence-electron chi connectivity index (χ4n) is 1.95. The Balaban J connectivity index is 2.32. The van der Waals surface area contributed by atoms with Gasteiger partial charge in [-0.25, -0.2) is 9.59 Å². The third-order valence-electron chi connectivity index (χ3n) is 3.11. The Morgan fingerprint density at radius 3 is 2.48 bits per heavy atom. The minimum Gasteiger partial charge on any atom is -0.480 e. The van der Waals surface area contributed by atoms with Crippen molar-refractivity contribution in [1.82, 2.24) is 5.32 Å². The molecule has 2 N–H and O–H groups in total. The molecule has 1 aromatic carbocycles. The van der Waals surface area contributed by atoms with Gasteiger partial charge in [0.1, 0.15) is 11.6 Å². The Kier molecular flexibility index (Phi) is 8.29. The Hall–Kier alpha value is -2.20. The molecule has 1 atom stereocenters. The lowest BCUT2D eigenvalue weighted by molar-refractivity contribution is -0.138. The van der Waals surface area contributed by atoms with Gasteiger partial charge in [-0.1, -0.05) is 12.1 Å². The standard InChI is InChI=1S/C18H24N2O4S/c1-18(2,3)24-17(23)20-15(16(21)22)12-25-10-4-5-13-6-8-14(11-19)9-7-13/h6-9,15H,4-5,10,12H2,1-3H3,(H,20,23)(H,21,22)/t15-/m1/s1. The topological polar surface area (TPSA) is 99.4 Å². The SMILES string of the molecule is CC(C)(C)OC(=O)N[C@H](CSCCCc1ccc(C#N)cc1)C(=O)O. The zero-order chi connectivity index (χ0) is 18.9. The number of carboxylic acids is 1. The zero-order valence-electron chi connectivity index (χ0n) is 14.7. The van der Waals surface area contributed by atoms with Crippen LogP contribution >= 0.6 is 11.8 Å². The number of nitrogens with one attached hydrogen (secondary N) is 1. The lowest BCUT2D eigenvalue weighted by Gasteiger charge is -2.21. The molecule has 0 spiro atoms. The van der Waals surface area contributed by atoms with Gasteiger partial charge in [0.25, 0.3) is 0 Å². The van der Waals surface area contributed by atoms with Crippen molar-refractivity contribution in [3.63, 3.8) is 0 Å². The van der Waals surface area contributed by atoms with Gasteiger partial charge in [-0.15, -0.1) is 0 Å². The summed E-state index contributed by atoms with van der Waals surface area (Å²) >= 11 is 1.47. The van der Waals surface area contributed by atoms with Crippen molar-refractivity contribution in [3.8, 4) is 6.07 Å². The number of amides is 1. The van der Waals surface area contributed by atoms with Crippen LogP contribution in [0.15, 0.2) is 24.3 Å². The van der Waals surface area contributed by atoms with Crippen LogP contribution in [-0.2, 0) is 16.0 Å². The highest BCUT2D eigenvalue weighted by atomic mass is 32.2. The number of rotatable bonds is 8. The molecular formula is C18H24N2O4S. The van der Waals surface area contributed by atoms with Crippen LogP contribution in [-0.4, -0.2) is 40.3 Å². The molecule has 25 heavy (non-hydrogen) atoms. The first kappa shape index (κ1) is 20.8. The molecule has 0 unspecified atom stereocenters. The van der Waals surface area contributed by atoms with Gasteiger partial charge in [0.15, 0.2) is 0 Å². The number of nitrogens with zero attached hydrogens (tertiary/aromatic N) is 1. The average molecular weight is 364 g/mol. The van der Waals surface area contributed by atoms with Crippen molar-refractivity contribution in [2.45, 2.75) is 45.3 Å². The third-order valence-corrected chi connectivity index (χ3v) is 4.26. The second-order valence-electron chi connectivity index (χ2n) is 6.52. The number of aliphatic carboxylic acids is 1. The van der Waals surface area contributed by atoms with Crippen LogP contribution in [0.3, 0.4) is 0 Å². The second-order valence-corrected chi connectivity index (χ2v) is 7.67. The molecule has 7 heteroatoms. The van der Waals surface area contributed by atoms with Crippen LogP contribution in [0.1, 0.15) is 38.3 Å². The molecule has 0 aromatic heterocycles. The van der Waals surface area contributed by atoms with E-state index in [-0.39, 0.29) is 5.75 Å². The molecule has 0 aliphatic carbocycles. The van der Waals surface area contributed by atoms with E-state index >= 15 is 0 Å². The van der Waals surface area contributed by atoms with Crippen molar-refractivity contribution in [2.75, 3.05) is 11.5 Å². The Morgan fingerprint density at radius 1 is 1.32 bits per heavy atom. The molecule has 0 aliphatic heterocycles. The molecule has 0 heterocycles. The third kappa shape index (κ3) is 9.01. The van der Waals surface area contributed by atoms with Gasteiger partial charge in [-0.05, 0) is 57.1 Å². The van der Waals surface area contributed by atoms with Crippen molar-refractivity contribution < 1.29 is 19.4 Å². The van der Waals surface area contributed by atoms with E-state index in [0.717, 1.165) is 24.2 Å². The van der Waals surface area contributed by atoms with Crippen LogP contribution in [0, 0.1) is 11.3 Å². The number of carbonyl (C=O) groups is 2. The number of aryl methyl sites for hydroxylation is 1. The molecule has 1 rings (SSSR count). The summed E-state index contributed by atoms with van der Waals surface area (Å²) in [7, 11) is 0. The van der Waals surface area contributed by atoms with Gasteiger partial charge < -0.3 is 15.2 Å². The summed E-state index contributed by atoms with van der Waals surface area (Å²) < 4.78 is 5.08. The number of alkyl carbamates (subject to hydrolysis) is 1. The van der Waals surface area contributed by atoms with E-state index in [1.807, 2.05) is 12.1 Å². The number of carboxylic acid groups (broad SMARTS) is 1. The summed E-state index contributed by atoms with van der Waals surface area (Å²) in [6.07, 6.45) is 1.02. The number of carbonyl (C=O) groups excluding carboxylic acids is 1. The van der Waals surface area contributed by atoms with Crippen LogP contribution < -0.4 is 5.32 Å². The molecular weight excluding hydrogens is 340 g/mol. The summed E-state index contributed by atoms with van der Waals surface area (Å²) in [5.74, 6) is -0.0210. The fraction of sp³-hybridized carbons (Fsp3) is 0.500. The van der Waals surface area contributed by atoms with Crippen LogP contribution in [0.25, 0.3) is 0 Å². The first-order chi connectivity index (χ1) is 11.7. The van der Waals surface area contributed by atoms with Crippen molar-refractivity contribution >= 4 is 23.8 Å². The highest BCUT2D eigenvalue weighted by Gasteiger charge is 2.23. The second kappa shape index (κ2) is 9.94. The van der Waals surface area contributed by atoms with Gasteiger partial charge in [-0.3, -0.25) is 0 Å². The molecule has 136 valence electrons. The molecule has 1 amide bonds. The quantitative estimate of drug-likeness (QED) is 0.687. The first-order valence-electron chi connectivity index (χ1n) is 8.00. The predicted molar refractivity (Wildman–Crippen MR) is 97.6 cm³/mol. The minimum atomic E-state index is -1.08. The maximum absolute atomic E-state index is 11.7. The van der Waals surface area contributed by atoms with Gasteiger partial charge in [-0.2, -0.15) is 17.0 Å². The molecule has 1 aromatic rings. The molecule has 0 saturated heterocycles. The molecule has 0 radical (unpaired) electrons. The van der Waals surface area contributed by atoms with Gasteiger partial charge >= 0.3 is 12.1 Å². The summed E-state index contributed by atoms with van der Waals surface area (Å²) in [6.45, 7) is 5.17. The van der Waals surface area contributed by atoms with Crippen LogP contribution in [0.2, 0.25) is 0 Å². The predicted octanol–water partition coefficient (Wildman–Crippen LogP) is 3.20. The lowest BCUT2D eigenvalue weighted by Crippen LogP contribution is -2.45. The van der Waals surface area contributed by atoms with Crippen LogP contribution in [0.4, 0.5) is 4.79 Å². The van der Waals surface area contributed by atoms with Crippen molar-refractivity contribution in [1.29, 1.82) is 5.26 Å². The number of nitriles is 1. The van der Waals surface area contributed by atoms with E-state index in [1.165, 1.54) is 11.8 Å². The average Bonchev–Trinajstić information content (AvgIpc) is 2.52. The Morgan fingerprint density at radius 2 is 1.96 bits per heavy atom. The molecule has 0 saturated carbocycles. The summed E-state index contributed by atoms with van der Waals surface area (Å²) in [5, 5.41) is 20.3. The van der Waals surface area contributed by atoms with E-state index in [4.69, 9.17) is 10.00 Å². The van der Waals surface area contributed by atoms with Crippen LogP contribution in [0.5, 0.6) is 0 Å². The van der Waals surface area contributed by atoms with E-state index < -0.39 is 23.7 Å². The normalized spacial score (nSPS) is 12.1. The maximum atomic E-state index is 11.7. The number of benzene rings is 1. The number of hydrogen-bond acceptors (Lipinski definition) is 5. The van der Waals surface area contributed by atoms with Crippen molar-refractivity contribution in [2.24, 2.45) is 0 Å². The zero-order valence-corrected chi connectivity index (χ0v) is 15.6. The smallest absolute Gasteiger partial charge is 0.408 e. The molecule has 0 fully saturated rings. The first-order valence-corrected chi connectivity index (χ1v) is 9.16. The van der Waals surface area contributed by atoms with E-state index in [9.17, 15) is 14.7 Å². The van der Waals surface area contributed by atoms with Gasteiger partial charge in [0, 0.05) is 5.75 Å². The van der Waals surface area contributed by atoms with E-state index in [0.29, 0.717) is 5.56 Å². The summed E-state index contributed by atoms with van der Waals surface area (Å²) in [5.41, 5.74) is 1.11. The van der Waals surface area contributed by atoms with Gasteiger partial charge in [0.05, 0.1) is 11.6 Å². The highest BCUT2D eigenvalue weighted by Crippen LogP contribution is 2.12. The Bertz CT molecular complexity index is 617. The fourth-order valence-corrected chi connectivity index (χ4v) is 2.93. The van der Waals surface area contributed by atoms with Gasteiger partial charge in [0.2, 0.25) is 0 Å². The molecule has 0 aliphatic rings.